The first-order valence-electron chi connectivity index (χ1n) is 7.12. The van der Waals surface area contributed by atoms with Gasteiger partial charge in [-0.3, -0.25) is 0 Å². The molecule has 2 atom stereocenters. The van der Waals surface area contributed by atoms with Crippen LogP contribution in [0.4, 0.5) is 0 Å². The zero-order chi connectivity index (χ0) is 15.6. The Labute approximate surface area is 126 Å². The molecule has 21 heavy (non-hydrogen) atoms. The first-order valence-corrected chi connectivity index (χ1v) is 8.56. The van der Waals surface area contributed by atoms with Crippen LogP contribution in [0.3, 0.4) is 0 Å². The van der Waals surface area contributed by atoms with E-state index in [2.05, 4.69) is 0 Å². The van der Waals surface area contributed by atoms with Crippen LogP contribution in [0.2, 0.25) is 0 Å². The minimum Gasteiger partial charge on any atom is -0.328 e. The van der Waals surface area contributed by atoms with E-state index in [9.17, 15) is 8.42 Å². The number of hydrogen-bond donors (Lipinski definition) is 1. The Morgan fingerprint density at radius 3 is 2.81 bits per heavy atom. The van der Waals surface area contributed by atoms with Crippen LogP contribution in [-0.2, 0) is 10.0 Å². The normalized spacial score (nSPS) is 21.7. The Hall–Kier alpha value is -1.42. The Bertz CT molecular complexity index is 662. The van der Waals surface area contributed by atoms with Crippen LogP contribution in [-0.4, -0.2) is 31.9 Å². The quantitative estimate of drug-likeness (QED) is 0.919. The molecular formula is C15H21N3O2S. The van der Waals surface area contributed by atoms with Crippen molar-refractivity contribution in [3.8, 4) is 6.07 Å². The van der Waals surface area contributed by atoms with Crippen LogP contribution in [0.5, 0.6) is 0 Å². The summed E-state index contributed by atoms with van der Waals surface area (Å²) in [5.74, 6) is 0.188. The van der Waals surface area contributed by atoms with Crippen molar-refractivity contribution >= 4 is 10.0 Å². The van der Waals surface area contributed by atoms with Gasteiger partial charge < -0.3 is 5.73 Å². The lowest BCUT2D eigenvalue weighted by atomic mass is 9.93. The van der Waals surface area contributed by atoms with Crippen molar-refractivity contribution in [1.82, 2.24) is 4.31 Å². The lowest BCUT2D eigenvalue weighted by Crippen LogP contribution is -2.45. The number of piperidine rings is 1. The van der Waals surface area contributed by atoms with Crippen LogP contribution in [0.25, 0.3) is 0 Å². The van der Waals surface area contributed by atoms with Gasteiger partial charge in [-0.2, -0.15) is 9.57 Å². The Balaban J connectivity index is 2.36. The van der Waals surface area contributed by atoms with Crippen molar-refractivity contribution in [2.75, 3.05) is 13.1 Å². The Morgan fingerprint density at radius 1 is 1.48 bits per heavy atom. The summed E-state index contributed by atoms with van der Waals surface area (Å²) in [7, 11) is -3.57. The van der Waals surface area contributed by atoms with Crippen molar-refractivity contribution in [1.29, 1.82) is 5.26 Å². The van der Waals surface area contributed by atoms with Gasteiger partial charge in [0, 0.05) is 19.1 Å². The predicted molar refractivity (Wildman–Crippen MR) is 81.0 cm³/mol. The minimum absolute atomic E-state index is 0.0189. The molecule has 0 bridgehead atoms. The molecule has 0 aromatic heterocycles. The van der Waals surface area contributed by atoms with Gasteiger partial charge in [0.25, 0.3) is 0 Å². The van der Waals surface area contributed by atoms with Gasteiger partial charge in [-0.1, -0.05) is 6.07 Å². The molecule has 1 aromatic carbocycles. The number of nitriles is 1. The molecule has 1 saturated heterocycles. The van der Waals surface area contributed by atoms with E-state index in [1.807, 2.05) is 13.0 Å². The van der Waals surface area contributed by atoms with Crippen molar-refractivity contribution in [2.45, 2.75) is 37.6 Å². The molecule has 6 heteroatoms. The SMILES string of the molecule is Cc1ccc(C#N)cc1S(=O)(=O)N1CCC[C@H]([C@H](C)N)C1. The second-order valence-corrected chi connectivity index (χ2v) is 7.62. The highest BCUT2D eigenvalue weighted by molar-refractivity contribution is 7.89. The Morgan fingerprint density at radius 2 is 2.19 bits per heavy atom. The molecule has 0 amide bonds. The highest BCUT2D eigenvalue weighted by Crippen LogP contribution is 2.27. The second-order valence-electron chi connectivity index (χ2n) is 5.72. The van der Waals surface area contributed by atoms with Crippen LogP contribution in [0.15, 0.2) is 23.1 Å². The van der Waals surface area contributed by atoms with E-state index in [1.54, 1.807) is 19.1 Å². The zero-order valence-corrected chi connectivity index (χ0v) is 13.2. The first-order chi connectivity index (χ1) is 9.86. The number of aryl methyl sites for hydroxylation is 1. The average Bonchev–Trinajstić information content (AvgIpc) is 2.47. The number of hydrogen-bond acceptors (Lipinski definition) is 4. The topological polar surface area (TPSA) is 87.2 Å². The third kappa shape index (κ3) is 3.26. The molecule has 0 spiro atoms. The number of nitrogens with two attached hydrogens (primary N) is 1. The highest BCUT2D eigenvalue weighted by atomic mass is 32.2. The molecule has 0 radical (unpaired) electrons. The van der Waals surface area contributed by atoms with E-state index >= 15 is 0 Å². The fourth-order valence-corrected chi connectivity index (χ4v) is 4.49. The third-order valence-corrected chi connectivity index (χ3v) is 6.11. The molecule has 1 aliphatic rings. The number of rotatable bonds is 3. The van der Waals surface area contributed by atoms with Gasteiger partial charge in [-0.25, -0.2) is 8.42 Å². The van der Waals surface area contributed by atoms with Gasteiger partial charge >= 0.3 is 0 Å². The summed E-state index contributed by atoms with van der Waals surface area (Å²) in [6, 6.07) is 6.75. The molecule has 0 saturated carbocycles. The van der Waals surface area contributed by atoms with E-state index in [1.165, 1.54) is 10.4 Å². The van der Waals surface area contributed by atoms with Crippen molar-refractivity contribution < 1.29 is 8.42 Å². The van der Waals surface area contributed by atoms with E-state index in [-0.39, 0.29) is 16.9 Å². The molecule has 1 aromatic rings. The lowest BCUT2D eigenvalue weighted by molar-refractivity contribution is 0.243. The van der Waals surface area contributed by atoms with E-state index in [4.69, 9.17) is 11.0 Å². The van der Waals surface area contributed by atoms with Gasteiger partial charge in [0.15, 0.2) is 0 Å². The summed E-state index contributed by atoms with van der Waals surface area (Å²) in [4.78, 5) is 0.229. The fourth-order valence-electron chi connectivity index (χ4n) is 2.71. The molecule has 1 heterocycles. The summed E-state index contributed by atoms with van der Waals surface area (Å²) >= 11 is 0. The van der Waals surface area contributed by atoms with E-state index in [0.717, 1.165) is 12.8 Å². The van der Waals surface area contributed by atoms with Crippen molar-refractivity contribution in [3.63, 3.8) is 0 Å². The number of benzene rings is 1. The third-order valence-electron chi connectivity index (χ3n) is 4.10. The molecule has 5 nitrogen and oxygen atoms in total. The molecule has 0 unspecified atom stereocenters. The molecule has 2 N–H and O–H groups in total. The van der Waals surface area contributed by atoms with Crippen LogP contribution in [0, 0.1) is 24.2 Å². The van der Waals surface area contributed by atoms with Crippen molar-refractivity contribution in [3.05, 3.63) is 29.3 Å². The number of sulfonamides is 1. The zero-order valence-electron chi connectivity index (χ0n) is 12.4. The average molecular weight is 307 g/mol. The monoisotopic (exact) mass is 307 g/mol. The van der Waals surface area contributed by atoms with Crippen LogP contribution >= 0.6 is 0 Å². The van der Waals surface area contributed by atoms with E-state index in [0.29, 0.717) is 24.2 Å². The maximum Gasteiger partial charge on any atom is 0.243 e. The summed E-state index contributed by atoms with van der Waals surface area (Å²) in [6.45, 7) is 4.64. The molecule has 1 fully saturated rings. The van der Waals surface area contributed by atoms with Gasteiger partial charge in [0.2, 0.25) is 10.0 Å². The maximum absolute atomic E-state index is 12.8. The van der Waals surface area contributed by atoms with Crippen molar-refractivity contribution in [2.24, 2.45) is 11.7 Å². The largest absolute Gasteiger partial charge is 0.328 e. The smallest absolute Gasteiger partial charge is 0.243 e. The van der Waals surface area contributed by atoms with Gasteiger partial charge in [-0.05, 0) is 50.3 Å². The molecule has 0 aliphatic carbocycles. The van der Waals surface area contributed by atoms with E-state index < -0.39 is 10.0 Å². The predicted octanol–water partition coefficient (Wildman–Crippen LogP) is 1.61. The molecule has 114 valence electrons. The highest BCUT2D eigenvalue weighted by Gasteiger charge is 2.32. The minimum atomic E-state index is -3.57. The summed E-state index contributed by atoms with van der Waals surface area (Å²) < 4.78 is 27.1. The second kappa shape index (κ2) is 6.14. The summed E-state index contributed by atoms with van der Waals surface area (Å²) in [6.07, 6.45) is 1.78. The van der Waals surface area contributed by atoms with Gasteiger partial charge in [-0.15, -0.1) is 0 Å². The molecule has 1 aliphatic heterocycles. The lowest BCUT2D eigenvalue weighted by Gasteiger charge is -2.34. The molecular weight excluding hydrogens is 286 g/mol. The number of nitrogens with zero attached hydrogens (tertiary/aromatic N) is 2. The van der Waals surface area contributed by atoms with Crippen LogP contribution < -0.4 is 5.73 Å². The fraction of sp³-hybridized carbons (Fsp3) is 0.533. The summed E-state index contributed by atoms with van der Waals surface area (Å²) in [5.41, 5.74) is 6.95. The van der Waals surface area contributed by atoms with Crippen LogP contribution in [0.1, 0.15) is 30.9 Å². The summed E-state index contributed by atoms with van der Waals surface area (Å²) in [5, 5.41) is 8.97. The molecule has 2 rings (SSSR count). The standard InChI is InChI=1S/C15H21N3O2S/c1-11-5-6-13(9-16)8-15(11)21(19,20)18-7-3-4-14(10-18)12(2)17/h5-6,8,12,14H,3-4,7,10,17H2,1-2H3/t12-,14-/m0/s1. The first kappa shape index (κ1) is 16.0. The Kier molecular flexibility index (Phi) is 4.67. The maximum atomic E-state index is 12.8. The van der Waals surface area contributed by atoms with Gasteiger partial charge in [0.1, 0.15) is 0 Å². The van der Waals surface area contributed by atoms with Gasteiger partial charge in [0.05, 0.1) is 16.5 Å².